The van der Waals surface area contributed by atoms with Crippen molar-refractivity contribution in [2.24, 2.45) is 0 Å². The van der Waals surface area contributed by atoms with E-state index in [9.17, 15) is 0 Å². The molecule has 0 fully saturated rings. The van der Waals surface area contributed by atoms with Gasteiger partial charge in [0.1, 0.15) is 5.75 Å². The predicted molar refractivity (Wildman–Crippen MR) is 59.6 cm³/mol. The molecule has 0 radical (unpaired) electrons. The van der Waals surface area contributed by atoms with Gasteiger partial charge in [-0.2, -0.15) is 5.26 Å². The standard InChI is InChI=1S/C12H16N2O/c1-9(8-13)14-10(2)11-5-4-6-12(7-11)15-3/h4-7,9-10,14H,1-3H3/t9?,10-/m1/s1. The van der Waals surface area contributed by atoms with Crippen LogP contribution in [0.3, 0.4) is 0 Å². The van der Waals surface area contributed by atoms with Crippen LogP contribution in [-0.4, -0.2) is 13.2 Å². The molecule has 0 heterocycles. The van der Waals surface area contributed by atoms with Crippen LogP contribution in [0.25, 0.3) is 0 Å². The Morgan fingerprint density at radius 2 is 2.13 bits per heavy atom. The lowest BCUT2D eigenvalue weighted by atomic mass is 10.1. The summed E-state index contributed by atoms with van der Waals surface area (Å²) in [5.41, 5.74) is 1.12. The van der Waals surface area contributed by atoms with Gasteiger partial charge in [0.15, 0.2) is 0 Å². The molecule has 0 saturated heterocycles. The third-order valence-electron chi connectivity index (χ3n) is 2.29. The quantitative estimate of drug-likeness (QED) is 0.818. The maximum atomic E-state index is 8.69. The van der Waals surface area contributed by atoms with E-state index in [0.29, 0.717) is 0 Å². The Labute approximate surface area is 90.7 Å². The lowest BCUT2D eigenvalue weighted by molar-refractivity contribution is 0.413. The van der Waals surface area contributed by atoms with Crippen LogP contribution in [0.5, 0.6) is 5.75 Å². The lowest BCUT2D eigenvalue weighted by Gasteiger charge is -2.16. The molecule has 0 aromatic heterocycles. The van der Waals surface area contributed by atoms with E-state index in [1.165, 1.54) is 0 Å². The zero-order valence-electron chi connectivity index (χ0n) is 9.32. The molecule has 3 heteroatoms. The van der Waals surface area contributed by atoms with Gasteiger partial charge in [0.2, 0.25) is 0 Å². The maximum Gasteiger partial charge on any atom is 0.119 e. The average Bonchev–Trinajstić information content (AvgIpc) is 2.28. The van der Waals surface area contributed by atoms with E-state index in [1.54, 1.807) is 7.11 Å². The van der Waals surface area contributed by atoms with Gasteiger partial charge in [0.25, 0.3) is 0 Å². The van der Waals surface area contributed by atoms with E-state index in [-0.39, 0.29) is 12.1 Å². The molecule has 1 N–H and O–H groups in total. The van der Waals surface area contributed by atoms with Crippen molar-refractivity contribution < 1.29 is 4.74 Å². The molecular weight excluding hydrogens is 188 g/mol. The van der Waals surface area contributed by atoms with Crippen molar-refractivity contribution in [3.63, 3.8) is 0 Å². The first-order chi connectivity index (χ1) is 7.17. The van der Waals surface area contributed by atoms with Crippen molar-refractivity contribution in [1.82, 2.24) is 5.32 Å². The number of nitriles is 1. The molecule has 0 saturated carbocycles. The Kier molecular flexibility index (Phi) is 4.14. The normalized spacial score (nSPS) is 14.0. The zero-order chi connectivity index (χ0) is 11.3. The SMILES string of the molecule is COc1cccc([C@@H](C)NC(C)C#N)c1. The summed E-state index contributed by atoms with van der Waals surface area (Å²) in [4.78, 5) is 0. The molecule has 1 aromatic carbocycles. The Morgan fingerprint density at radius 1 is 1.40 bits per heavy atom. The van der Waals surface area contributed by atoms with E-state index in [0.717, 1.165) is 11.3 Å². The molecule has 0 amide bonds. The van der Waals surface area contributed by atoms with E-state index >= 15 is 0 Å². The van der Waals surface area contributed by atoms with Crippen LogP contribution in [0.2, 0.25) is 0 Å². The van der Waals surface area contributed by atoms with Crippen LogP contribution >= 0.6 is 0 Å². The molecule has 15 heavy (non-hydrogen) atoms. The Bertz CT molecular complexity index is 357. The highest BCUT2D eigenvalue weighted by molar-refractivity contribution is 5.30. The Morgan fingerprint density at radius 3 is 2.73 bits per heavy atom. The molecule has 0 aliphatic heterocycles. The monoisotopic (exact) mass is 204 g/mol. The van der Waals surface area contributed by atoms with E-state index in [4.69, 9.17) is 10.00 Å². The topological polar surface area (TPSA) is 45.0 Å². The largest absolute Gasteiger partial charge is 0.497 e. The summed E-state index contributed by atoms with van der Waals surface area (Å²) in [6, 6.07) is 10.00. The minimum absolute atomic E-state index is 0.147. The van der Waals surface area contributed by atoms with Crippen LogP contribution < -0.4 is 10.1 Å². The van der Waals surface area contributed by atoms with Gasteiger partial charge in [-0.05, 0) is 31.5 Å². The first kappa shape index (κ1) is 11.5. The summed E-state index contributed by atoms with van der Waals surface area (Å²) >= 11 is 0. The second-order valence-electron chi connectivity index (χ2n) is 3.52. The lowest BCUT2D eigenvalue weighted by Crippen LogP contribution is -2.27. The highest BCUT2D eigenvalue weighted by Gasteiger charge is 2.08. The summed E-state index contributed by atoms with van der Waals surface area (Å²) in [5.74, 6) is 0.839. The van der Waals surface area contributed by atoms with Gasteiger partial charge in [0, 0.05) is 6.04 Å². The number of rotatable bonds is 4. The Hall–Kier alpha value is -1.53. The van der Waals surface area contributed by atoms with Gasteiger partial charge >= 0.3 is 0 Å². The minimum Gasteiger partial charge on any atom is -0.497 e. The predicted octanol–water partition coefficient (Wildman–Crippen LogP) is 2.26. The van der Waals surface area contributed by atoms with Gasteiger partial charge in [-0.1, -0.05) is 12.1 Å². The average molecular weight is 204 g/mol. The number of benzene rings is 1. The second-order valence-corrected chi connectivity index (χ2v) is 3.52. The molecule has 0 aliphatic rings. The molecule has 1 aromatic rings. The van der Waals surface area contributed by atoms with Crippen LogP contribution in [0, 0.1) is 11.3 Å². The van der Waals surface area contributed by atoms with Crippen molar-refractivity contribution in [3.8, 4) is 11.8 Å². The van der Waals surface area contributed by atoms with Gasteiger partial charge in [-0.3, -0.25) is 5.32 Å². The van der Waals surface area contributed by atoms with Crippen LogP contribution in [-0.2, 0) is 0 Å². The maximum absolute atomic E-state index is 8.69. The number of nitrogens with zero attached hydrogens (tertiary/aromatic N) is 1. The first-order valence-corrected chi connectivity index (χ1v) is 4.97. The molecule has 80 valence electrons. The number of hydrogen-bond acceptors (Lipinski definition) is 3. The van der Waals surface area contributed by atoms with Crippen LogP contribution in [0.1, 0.15) is 25.5 Å². The zero-order valence-corrected chi connectivity index (χ0v) is 9.32. The molecule has 1 rings (SSSR count). The van der Waals surface area contributed by atoms with Gasteiger partial charge in [-0.15, -0.1) is 0 Å². The molecule has 3 nitrogen and oxygen atoms in total. The van der Waals surface area contributed by atoms with Crippen molar-refractivity contribution in [2.75, 3.05) is 7.11 Å². The second kappa shape index (κ2) is 5.38. The summed E-state index contributed by atoms with van der Waals surface area (Å²) in [5, 5.41) is 11.9. The fourth-order valence-corrected chi connectivity index (χ4v) is 1.42. The fourth-order valence-electron chi connectivity index (χ4n) is 1.42. The van der Waals surface area contributed by atoms with Crippen molar-refractivity contribution >= 4 is 0 Å². The molecule has 0 aliphatic carbocycles. The number of hydrogen-bond donors (Lipinski definition) is 1. The number of ether oxygens (including phenoxy) is 1. The van der Waals surface area contributed by atoms with Crippen molar-refractivity contribution in [2.45, 2.75) is 25.9 Å². The minimum atomic E-state index is -0.147. The summed E-state index contributed by atoms with van der Waals surface area (Å²) in [7, 11) is 1.65. The van der Waals surface area contributed by atoms with Crippen LogP contribution in [0.15, 0.2) is 24.3 Å². The van der Waals surface area contributed by atoms with E-state index in [2.05, 4.69) is 11.4 Å². The summed E-state index contributed by atoms with van der Waals surface area (Å²) in [6.45, 7) is 3.87. The number of nitrogens with one attached hydrogen (secondary N) is 1. The van der Waals surface area contributed by atoms with Crippen molar-refractivity contribution in [3.05, 3.63) is 29.8 Å². The highest BCUT2D eigenvalue weighted by atomic mass is 16.5. The van der Waals surface area contributed by atoms with E-state index in [1.807, 2.05) is 38.1 Å². The third kappa shape index (κ3) is 3.26. The molecule has 0 bridgehead atoms. The van der Waals surface area contributed by atoms with Gasteiger partial charge < -0.3 is 4.74 Å². The van der Waals surface area contributed by atoms with Gasteiger partial charge in [0.05, 0.1) is 19.2 Å². The fraction of sp³-hybridized carbons (Fsp3) is 0.417. The third-order valence-corrected chi connectivity index (χ3v) is 2.29. The van der Waals surface area contributed by atoms with Crippen LogP contribution in [0.4, 0.5) is 0 Å². The highest BCUT2D eigenvalue weighted by Crippen LogP contribution is 2.18. The van der Waals surface area contributed by atoms with Crippen molar-refractivity contribution in [1.29, 1.82) is 5.26 Å². The number of methoxy groups -OCH3 is 1. The van der Waals surface area contributed by atoms with E-state index < -0.39 is 0 Å². The molecule has 2 atom stereocenters. The summed E-state index contributed by atoms with van der Waals surface area (Å²) < 4.78 is 5.14. The molecular formula is C12H16N2O. The first-order valence-electron chi connectivity index (χ1n) is 4.97. The molecule has 1 unspecified atom stereocenters. The summed E-state index contributed by atoms with van der Waals surface area (Å²) in [6.07, 6.45) is 0. The molecule has 0 spiro atoms. The van der Waals surface area contributed by atoms with Gasteiger partial charge in [-0.25, -0.2) is 0 Å². The smallest absolute Gasteiger partial charge is 0.119 e. The Balaban J connectivity index is 2.73.